The number of rotatable bonds is 3. The zero-order chi connectivity index (χ0) is 14.6. The fraction of sp³-hybridized carbons (Fsp3) is 0.533. The Kier molecular flexibility index (Phi) is 3.06. The molecule has 1 amide bonds. The van der Waals surface area contributed by atoms with Crippen LogP contribution >= 0.6 is 11.3 Å². The first-order valence-corrected chi connectivity index (χ1v) is 8.18. The summed E-state index contributed by atoms with van der Waals surface area (Å²) in [5.74, 6) is 0.443. The Balaban J connectivity index is 1.52. The molecule has 2 N–H and O–H groups in total. The molecule has 0 radical (unpaired) electrons. The van der Waals surface area contributed by atoms with Gasteiger partial charge in [0.2, 0.25) is 0 Å². The van der Waals surface area contributed by atoms with Gasteiger partial charge in [0.1, 0.15) is 5.69 Å². The standard InChI is InChI=1S/C15H19N3O2S/c1-18(2)13-12(8-3-5-20-14(8)13)17-15(19)10-7-11-9(16-10)4-6-21-11/h4,6-8,12-14,16H,3,5H2,1-2H3,(H,17,19)/t8-,12+,13-,14-/m1/s1. The van der Waals surface area contributed by atoms with Gasteiger partial charge in [0.25, 0.3) is 5.91 Å². The van der Waals surface area contributed by atoms with Gasteiger partial charge in [-0.1, -0.05) is 0 Å². The number of hydrogen-bond acceptors (Lipinski definition) is 4. The molecule has 0 bridgehead atoms. The monoisotopic (exact) mass is 305 g/mol. The first-order valence-electron chi connectivity index (χ1n) is 7.30. The van der Waals surface area contributed by atoms with E-state index in [1.807, 2.05) is 31.6 Å². The minimum Gasteiger partial charge on any atom is -0.376 e. The summed E-state index contributed by atoms with van der Waals surface area (Å²) in [6, 6.07) is 4.39. The van der Waals surface area contributed by atoms with Gasteiger partial charge in [-0.25, -0.2) is 0 Å². The molecule has 1 saturated carbocycles. The molecule has 0 aromatic carbocycles. The van der Waals surface area contributed by atoms with Crippen LogP contribution in [0.3, 0.4) is 0 Å². The molecular weight excluding hydrogens is 286 g/mol. The summed E-state index contributed by atoms with van der Waals surface area (Å²) in [4.78, 5) is 17.8. The number of hydrogen-bond donors (Lipinski definition) is 2. The van der Waals surface area contributed by atoms with E-state index in [9.17, 15) is 4.79 Å². The number of carbonyl (C=O) groups is 1. The Morgan fingerprint density at radius 2 is 2.38 bits per heavy atom. The summed E-state index contributed by atoms with van der Waals surface area (Å²) >= 11 is 1.65. The molecule has 1 aliphatic carbocycles. The minimum absolute atomic E-state index is 0.0133. The van der Waals surface area contributed by atoms with Crippen LogP contribution in [0.15, 0.2) is 17.5 Å². The summed E-state index contributed by atoms with van der Waals surface area (Å²) < 4.78 is 6.90. The van der Waals surface area contributed by atoms with Gasteiger partial charge in [-0.3, -0.25) is 4.79 Å². The highest BCUT2D eigenvalue weighted by Gasteiger charge is 2.55. The zero-order valence-corrected chi connectivity index (χ0v) is 12.9. The second kappa shape index (κ2) is 4.83. The van der Waals surface area contributed by atoms with Gasteiger partial charge >= 0.3 is 0 Å². The molecule has 3 heterocycles. The van der Waals surface area contributed by atoms with Crippen molar-refractivity contribution < 1.29 is 9.53 Å². The Morgan fingerprint density at radius 1 is 1.52 bits per heavy atom. The molecule has 2 fully saturated rings. The maximum Gasteiger partial charge on any atom is 0.268 e. The van der Waals surface area contributed by atoms with Gasteiger partial charge in [-0.15, -0.1) is 11.3 Å². The fourth-order valence-corrected chi connectivity index (χ4v) is 4.47. The van der Waals surface area contributed by atoms with E-state index in [0.717, 1.165) is 23.2 Å². The third-order valence-corrected chi connectivity index (χ3v) is 5.59. The molecule has 112 valence electrons. The van der Waals surface area contributed by atoms with Gasteiger partial charge in [0.15, 0.2) is 0 Å². The van der Waals surface area contributed by atoms with Crippen molar-refractivity contribution in [2.45, 2.75) is 24.6 Å². The van der Waals surface area contributed by atoms with E-state index < -0.39 is 0 Å². The normalized spacial score (nSPS) is 31.4. The van der Waals surface area contributed by atoms with Crippen LogP contribution in [0, 0.1) is 5.92 Å². The highest BCUT2D eigenvalue weighted by Crippen LogP contribution is 2.41. The van der Waals surface area contributed by atoms with E-state index >= 15 is 0 Å². The van der Waals surface area contributed by atoms with Crippen LogP contribution in [0.4, 0.5) is 0 Å². The Bertz CT molecular complexity index is 649. The van der Waals surface area contributed by atoms with Gasteiger partial charge in [-0.05, 0) is 38.0 Å². The first kappa shape index (κ1) is 13.3. The van der Waals surface area contributed by atoms with Gasteiger partial charge in [-0.2, -0.15) is 0 Å². The predicted octanol–water partition coefficient (Wildman–Crippen LogP) is 1.68. The van der Waals surface area contributed by atoms with E-state index in [1.165, 1.54) is 0 Å². The highest BCUT2D eigenvalue weighted by atomic mass is 32.1. The zero-order valence-electron chi connectivity index (χ0n) is 12.1. The fourth-order valence-electron chi connectivity index (χ4n) is 3.68. The molecule has 0 spiro atoms. The van der Waals surface area contributed by atoms with Crippen LogP contribution in [0.5, 0.6) is 0 Å². The summed E-state index contributed by atoms with van der Waals surface area (Å²) in [6.07, 6.45) is 1.32. The molecule has 4 rings (SSSR count). The van der Waals surface area contributed by atoms with Crippen LogP contribution in [-0.4, -0.2) is 54.7 Å². The average Bonchev–Trinajstić information content (AvgIpc) is 3.08. The second-order valence-electron chi connectivity index (χ2n) is 6.12. The van der Waals surface area contributed by atoms with Crippen molar-refractivity contribution in [3.8, 4) is 0 Å². The number of ether oxygens (including phenoxy) is 1. The molecule has 21 heavy (non-hydrogen) atoms. The number of H-pyrrole nitrogens is 1. The van der Waals surface area contributed by atoms with E-state index in [1.54, 1.807) is 11.3 Å². The van der Waals surface area contributed by atoms with Gasteiger partial charge in [0.05, 0.1) is 28.4 Å². The average molecular weight is 305 g/mol. The number of amides is 1. The number of carbonyl (C=O) groups excluding carboxylic acids is 1. The first-order chi connectivity index (χ1) is 10.1. The molecule has 2 aromatic rings. The number of aromatic nitrogens is 1. The lowest BCUT2D eigenvalue weighted by atomic mass is 9.71. The molecule has 1 saturated heterocycles. The molecule has 4 atom stereocenters. The van der Waals surface area contributed by atoms with Crippen LogP contribution in [0.1, 0.15) is 16.9 Å². The predicted molar refractivity (Wildman–Crippen MR) is 82.8 cm³/mol. The molecule has 0 unspecified atom stereocenters. The number of aromatic amines is 1. The second-order valence-corrected chi connectivity index (χ2v) is 7.07. The molecule has 2 aromatic heterocycles. The SMILES string of the molecule is CN(C)[C@@H]1[C@@H](NC(=O)c2cc3sccc3[nH]2)[C@H]2CCO[C@H]21. The van der Waals surface area contributed by atoms with Crippen molar-refractivity contribution >= 4 is 27.5 Å². The largest absolute Gasteiger partial charge is 0.376 e. The summed E-state index contributed by atoms with van der Waals surface area (Å²) in [5, 5.41) is 5.22. The smallest absolute Gasteiger partial charge is 0.268 e. The van der Waals surface area contributed by atoms with Crippen molar-refractivity contribution in [2.24, 2.45) is 5.92 Å². The molecular formula is C15H19N3O2S. The number of thiophene rings is 1. The van der Waals surface area contributed by atoms with Crippen molar-refractivity contribution in [1.29, 1.82) is 0 Å². The number of fused-ring (bicyclic) bond motifs is 2. The molecule has 2 aliphatic rings. The maximum absolute atomic E-state index is 12.5. The van der Waals surface area contributed by atoms with Gasteiger partial charge < -0.3 is 19.9 Å². The lowest BCUT2D eigenvalue weighted by Crippen LogP contribution is -2.69. The Morgan fingerprint density at radius 3 is 3.14 bits per heavy atom. The van der Waals surface area contributed by atoms with Crippen molar-refractivity contribution in [1.82, 2.24) is 15.2 Å². The van der Waals surface area contributed by atoms with E-state index in [-0.39, 0.29) is 24.1 Å². The molecule has 5 nitrogen and oxygen atoms in total. The lowest BCUT2D eigenvalue weighted by molar-refractivity contribution is -0.0664. The molecule has 6 heteroatoms. The number of nitrogens with zero attached hydrogens (tertiary/aromatic N) is 1. The van der Waals surface area contributed by atoms with Crippen molar-refractivity contribution in [2.75, 3.05) is 20.7 Å². The van der Waals surface area contributed by atoms with E-state index in [4.69, 9.17) is 4.74 Å². The molecule has 1 aliphatic heterocycles. The maximum atomic E-state index is 12.5. The van der Waals surface area contributed by atoms with Gasteiger partial charge in [0, 0.05) is 12.5 Å². The van der Waals surface area contributed by atoms with Crippen LogP contribution in [0.2, 0.25) is 0 Å². The third kappa shape index (κ3) is 2.01. The minimum atomic E-state index is -0.0133. The van der Waals surface area contributed by atoms with Crippen molar-refractivity contribution in [3.05, 3.63) is 23.2 Å². The van der Waals surface area contributed by atoms with Crippen LogP contribution in [0.25, 0.3) is 10.2 Å². The van der Waals surface area contributed by atoms with E-state index in [2.05, 4.69) is 15.2 Å². The number of likely N-dealkylation sites (N-methyl/N-ethyl adjacent to an activating group) is 1. The third-order valence-electron chi connectivity index (χ3n) is 4.73. The van der Waals surface area contributed by atoms with Crippen molar-refractivity contribution in [3.63, 3.8) is 0 Å². The quantitative estimate of drug-likeness (QED) is 0.907. The number of nitrogens with one attached hydrogen (secondary N) is 2. The topological polar surface area (TPSA) is 57.4 Å². The summed E-state index contributed by atoms with van der Waals surface area (Å²) in [5.41, 5.74) is 1.68. The van der Waals surface area contributed by atoms with E-state index in [0.29, 0.717) is 11.6 Å². The Hall–Kier alpha value is -1.37. The lowest BCUT2D eigenvalue weighted by Gasteiger charge is -2.50. The van der Waals surface area contributed by atoms with Crippen LogP contribution < -0.4 is 5.32 Å². The summed E-state index contributed by atoms with van der Waals surface area (Å²) in [6.45, 7) is 0.810. The summed E-state index contributed by atoms with van der Waals surface area (Å²) in [7, 11) is 4.10. The Labute approximate surface area is 127 Å². The highest BCUT2D eigenvalue weighted by molar-refractivity contribution is 7.17. The van der Waals surface area contributed by atoms with Crippen LogP contribution in [-0.2, 0) is 4.74 Å².